The van der Waals surface area contributed by atoms with Crippen LogP contribution in [-0.2, 0) is 20.9 Å². The molecule has 0 saturated heterocycles. The topological polar surface area (TPSA) is 134 Å². The smallest absolute Gasteiger partial charge is 0.287 e. The number of rotatable bonds is 10. The monoisotopic (exact) mass is 528 g/mol. The molecule has 10 heteroatoms. The maximum absolute atomic E-state index is 13.7. The van der Waals surface area contributed by atoms with Gasteiger partial charge in [0.25, 0.3) is 5.91 Å². The molecule has 0 aliphatic heterocycles. The van der Waals surface area contributed by atoms with Gasteiger partial charge in [0.1, 0.15) is 11.8 Å². The van der Waals surface area contributed by atoms with Crippen molar-refractivity contribution in [2.75, 3.05) is 16.8 Å². The van der Waals surface area contributed by atoms with Crippen LogP contribution in [0.15, 0.2) is 94.2 Å². The first kappa shape index (κ1) is 26.9. The van der Waals surface area contributed by atoms with Gasteiger partial charge in [-0.25, -0.2) is 0 Å². The number of benzene rings is 2. The Morgan fingerprint density at radius 2 is 1.54 bits per heavy atom. The SMILES string of the molecule is CC(=O)Nc1ccc(N(C(=O)CNC(=O)c2ccco2)[C@H](C(=O)NCc2ccco2)c2ccc(C)cc2)cc1. The third-order valence-corrected chi connectivity index (χ3v) is 5.80. The standard InChI is InChI=1S/C29H28N4O6/c1-19-7-9-21(10-8-19)27(29(37)30-17-24-5-3-15-38-24)33(23-13-11-22(12-14-23)32-20(2)34)26(35)18-31-28(36)25-6-4-16-39-25/h3-16,27H,17-18H2,1-2H3,(H,30,37)(H,31,36)(H,32,34)/t27-/m0/s1. The molecule has 3 N–H and O–H groups in total. The molecule has 0 aliphatic carbocycles. The quantitative estimate of drug-likeness (QED) is 0.285. The Labute approximate surface area is 225 Å². The predicted molar refractivity (Wildman–Crippen MR) is 144 cm³/mol. The van der Waals surface area contributed by atoms with Crippen LogP contribution >= 0.6 is 0 Å². The highest BCUT2D eigenvalue weighted by molar-refractivity contribution is 6.04. The van der Waals surface area contributed by atoms with Crippen LogP contribution in [0.2, 0.25) is 0 Å². The van der Waals surface area contributed by atoms with Gasteiger partial charge in [0, 0.05) is 18.3 Å². The van der Waals surface area contributed by atoms with E-state index in [0.717, 1.165) is 5.56 Å². The lowest BCUT2D eigenvalue weighted by Crippen LogP contribution is -2.47. The maximum Gasteiger partial charge on any atom is 0.287 e. The van der Waals surface area contributed by atoms with E-state index in [-0.39, 0.29) is 18.2 Å². The molecular weight excluding hydrogens is 500 g/mol. The highest BCUT2D eigenvalue weighted by atomic mass is 16.3. The zero-order chi connectivity index (χ0) is 27.8. The van der Waals surface area contributed by atoms with Crippen LogP contribution in [0, 0.1) is 6.92 Å². The third kappa shape index (κ3) is 7.01. The van der Waals surface area contributed by atoms with Gasteiger partial charge in [-0.3, -0.25) is 24.1 Å². The van der Waals surface area contributed by atoms with E-state index in [4.69, 9.17) is 8.83 Å². The van der Waals surface area contributed by atoms with Crippen LogP contribution in [0.25, 0.3) is 0 Å². The number of amides is 4. The van der Waals surface area contributed by atoms with E-state index in [2.05, 4.69) is 16.0 Å². The van der Waals surface area contributed by atoms with Gasteiger partial charge in [-0.15, -0.1) is 0 Å². The molecule has 0 fully saturated rings. The van der Waals surface area contributed by atoms with Crippen molar-refractivity contribution in [2.24, 2.45) is 0 Å². The second-order valence-electron chi connectivity index (χ2n) is 8.76. The zero-order valence-corrected chi connectivity index (χ0v) is 21.5. The van der Waals surface area contributed by atoms with Crippen molar-refractivity contribution in [1.29, 1.82) is 0 Å². The summed E-state index contributed by atoms with van der Waals surface area (Å²) < 4.78 is 10.4. The molecular formula is C29H28N4O6. The summed E-state index contributed by atoms with van der Waals surface area (Å²) >= 11 is 0. The lowest BCUT2D eigenvalue weighted by Gasteiger charge is -2.32. The summed E-state index contributed by atoms with van der Waals surface area (Å²) in [5.74, 6) is -1.20. The van der Waals surface area contributed by atoms with Gasteiger partial charge >= 0.3 is 0 Å². The van der Waals surface area contributed by atoms with E-state index in [1.165, 1.54) is 30.4 Å². The van der Waals surface area contributed by atoms with Crippen LogP contribution in [0.3, 0.4) is 0 Å². The van der Waals surface area contributed by atoms with E-state index in [9.17, 15) is 19.2 Å². The average molecular weight is 529 g/mol. The number of nitrogens with one attached hydrogen (secondary N) is 3. The fourth-order valence-corrected chi connectivity index (χ4v) is 3.93. The maximum atomic E-state index is 13.7. The number of aryl methyl sites for hydroxylation is 1. The van der Waals surface area contributed by atoms with Crippen molar-refractivity contribution >= 4 is 35.0 Å². The van der Waals surface area contributed by atoms with E-state index >= 15 is 0 Å². The van der Waals surface area contributed by atoms with Gasteiger partial charge in [0.15, 0.2) is 5.76 Å². The first-order valence-corrected chi connectivity index (χ1v) is 12.2. The Morgan fingerprint density at radius 3 is 2.15 bits per heavy atom. The number of nitrogens with zero attached hydrogens (tertiary/aromatic N) is 1. The van der Waals surface area contributed by atoms with Crippen LogP contribution in [0.5, 0.6) is 0 Å². The lowest BCUT2D eigenvalue weighted by atomic mass is 10.0. The summed E-state index contributed by atoms with van der Waals surface area (Å²) in [5.41, 5.74) is 2.46. The Balaban J connectivity index is 1.68. The fraction of sp³-hybridized carbons (Fsp3) is 0.172. The summed E-state index contributed by atoms with van der Waals surface area (Å²) in [7, 11) is 0. The Kier molecular flexibility index (Phi) is 8.57. The highest BCUT2D eigenvalue weighted by Crippen LogP contribution is 2.29. The van der Waals surface area contributed by atoms with E-state index < -0.39 is 30.3 Å². The molecule has 0 unspecified atom stereocenters. The molecule has 2 aromatic carbocycles. The molecule has 0 saturated carbocycles. The minimum atomic E-state index is -1.08. The number of carbonyl (C=O) groups is 4. The predicted octanol–water partition coefficient (Wildman–Crippen LogP) is 3.96. The number of hydrogen-bond acceptors (Lipinski definition) is 6. The minimum absolute atomic E-state index is 0.0558. The van der Waals surface area contributed by atoms with Crippen LogP contribution < -0.4 is 20.9 Å². The molecule has 0 bridgehead atoms. The van der Waals surface area contributed by atoms with Gasteiger partial charge in [0.05, 0.1) is 25.6 Å². The summed E-state index contributed by atoms with van der Waals surface area (Å²) in [5, 5.41) is 8.08. The summed E-state index contributed by atoms with van der Waals surface area (Å²) in [4.78, 5) is 52.6. The van der Waals surface area contributed by atoms with Crippen molar-refractivity contribution in [3.8, 4) is 0 Å². The largest absolute Gasteiger partial charge is 0.467 e. The normalized spacial score (nSPS) is 11.3. The summed E-state index contributed by atoms with van der Waals surface area (Å²) in [6.45, 7) is 3.03. The molecule has 2 heterocycles. The highest BCUT2D eigenvalue weighted by Gasteiger charge is 2.33. The van der Waals surface area contributed by atoms with E-state index in [1.807, 2.05) is 19.1 Å². The van der Waals surface area contributed by atoms with Gasteiger partial charge in [-0.2, -0.15) is 0 Å². The molecule has 0 aliphatic rings. The van der Waals surface area contributed by atoms with Gasteiger partial charge in [-0.1, -0.05) is 29.8 Å². The first-order valence-electron chi connectivity index (χ1n) is 12.2. The van der Waals surface area contributed by atoms with Crippen molar-refractivity contribution in [3.63, 3.8) is 0 Å². The van der Waals surface area contributed by atoms with E-state index in [1.54, 1.807) is 54.6 Å². The van der Waals surface area contributed by atoms with Crippen LogP contribution in [0.1, 0.15) is 40.4 Å². The second kappa shape index (κ2) is 12.4. The third-order valence-electron chi connectivity index (χ3n) is 5.80. The number of anilines is 2. The molecule has 0 radical (unpaired) electrons. The molecule has 4 amide bonds. The van der Waals surface area contributed by atoms with E-state index in [0.29, 0.717) is 22.7 Å². The Bertz CT molecular complexity index is 1410. The second-order valence-corrected chi connectivity index (χ2v) is 8.76. The number of carbonyl (C=O) groups excluding carboxylic acids is 4. The Morgan fingerprint density at radius 1 is 0.846 bits per heavy atom. The molecule has 200 valence electrons. The lowest BCUT2D eigenvalue weighted by molar-refractivity contribution is -0.126. The van der Waals surface area contributed by atoms with Crippen molar-refractivity contribution in [1.82, 2.24) is 10.6 Å². The van der Waals surface area contributed by atoms with Gasteiger partial charge in [-0.05, 0) is 61.0 Å². The molecule has 10 nitrogen and oxygen atoms in total. The van der Waals surface area contributed by atoms with Crippen LogP contribution in [0.4, 0.5) is 11.4 Å². The Hall–Kier alpha value is -5.12. The molecule has 1 atom stereocenters. The van der Waals surface area contributed by atoms with Crippen LogP contribution in [-0.4, -0.2) is 30.2 Å². The summed E-state index contributed by atoms with van der Waals surface area (Å²) in [6, 6.07) is 19.2. The van der Waals surface area contributed by atoms with Crippen molar-refractivity contribution < 1.29 is 28.0 Å². The molecule has 4 aromatic rings. The number of furan rings is 2. The van der Waals surface area contributed by atoms with Crippen molar-refractivity contribution in [2.45, 2.75) is 26.4 Å². The molecule has 0 spiro atoms. The molecule has 4 rings (SSSR count). The van der Waals surface area contributed by atoms with Crippen molar-refractivity contribution in [3.05, 3.63) is 108 Å². The van der Waals surface area contributed by atoms with Gasteiger partial charge < -0.3 is 24.8 Å². The average Bonchev–Trinajstić information content (AvgIpc) is 3.65. The number of hydrogen-bond donors (Lipinski definition) is 3. The zero-order valence-electron chi connectivity index (χ0n) is 21.5. The fourth-order valence-electron chi connectivity index (χ4n) is 3.93. The first-order chi connectivity index (χ1) is 18.8. The van der Waals surface area contributed by atoms with Gasteiger partial charge in [0.2, 0.25) is 17.7 Å². The summed E-state index contributed by atoms with van der Waals surface area (Å²) in [6.07, 6.45) is 2.86. The minimum Gasteiger partial charge on any atom is -0.467 e. The molecule has 39 heavy (non-hydrogen) atoms. The molecule has 2 aromatic heterocycles.